The fourth-order valence-electron chi connectivity index (χ4n) is 4.88. The smallest absolute Gasteiger partial charge is 0.163 e. The van der Waals surface area contributed by atoms with Gasteiger partial charge in [0.25, 0.3) is 0 Å². The number of aldehydes is 1. The maximum absolute atomic E-state index is 11.0. The van der Waals surface area contributed by atoms with Crippen LogP contribution in [0.1, 0.15) is 43.4 Å². The van der Waals surface area contributed by atoms with Crippen LogP contribution in [0.5, 0.6) is 0 Å². The van der Waals surface area contributed by atoms with Gasteiger partial charge in [0, 0.05) is 11.3 Å². The molecule has 3 aromatic carbocycles. The number of nitrogens with zero attached hydrogens (tertiary/aromatic N) is 3. The third-order valence-electron chi connectivity index (χ3n) is 6.38. The Balaban J connectivity index is 1.76. The standard InChI is InChI=1S/C29H31N3O4/c1-28(2)35-26(19-12-20-33)27(36-28)25(31-32-30)21-34-29(22-13-6-3-7-14-22,23-15-8-4-9-16-23)24-17-10-5-11-18-24/h3-11,13-18,20,25-27H,12,19,21H2,1-2H3/t25-,26+,27-/m0/s1. The summed E-state index contributed by atoms with van der Waals surface area (Å²) in [7, 11) is 0. The normalized spacial score (nSPS) is 19.8. The predicted molar refractivity (Wildman–Crippen MR) is 137 cm³/mol. The SMILES string of the molecule is CC1(C)O[C@@H]([C@H](COC(c2ccccc2)(c2ccccc2)c2ccccc2)N=[N+]=[N-])[C@@H](CCC=O)O1. The van der Waals surface area contributed by atoms with Crippen LogP contribution in [0.2, 0.25) is 0 Å². The van der Waals surface area contributed by atoms with E-state index < -0.39 is 29.6 Å². The van der Waals surface area contributed by atoms with E-state index in [0.29, 0.717) is 12.8 Å². The summed E-state index contributed by atoms with van der Waals surface area (Å²) in [5.74, 6) is -0.864. The highest BCUT2D eigenvalue weighted by Crippen LogP contribution is 2.41. The number of carbonyl (C=O) groups is 1. The molecule has 0 saturated carbocycles. The number of carbonyl (C=O) groups excluding carboxylic acids is 1. The first-order chi connectivity index (χ1) is 17.5. The topological polar surface area (TPSA) is 93.5 Å². The van der Waals surface area contributed by atoms with Gasteiger partial charge < -0.3 is 19.0 Å². The fourth-order valence-corrected chi connectivity index (χ4v) is 4.88. The summed E-state index contributed by atoms with van der Waals surface area (Å²) in [6.45, 7) is 3.71. The molecule has 186 valence electrons. The van der Waals surface area contributed by atoms with Crippen LogP contribution in [0.4, 0.5) is 0 Å². The minimum absolute atomic E-state index is 0.0738. The van der Waals surface area contributed by atoms with Gasteiger partial charge in [0.1, 0.15) is 11.9 Å². The Labute approximate surface area is 211 Å². The molecule has 4 rings (SSSR count). The second-order valence-corrected chi connectivity index (χ2v) is 9.25. The summed E-state index contributed by atoms with van der Waals surface area (Å²) in [5, 5.41) is 4.08. The van der Waals surface area contributed by atoms with Crippen LogP contribution in [-0.2, 0) is 24.6 Å². The predicted octanol–water partition coefficient (Wildman–Crippen LogP) is 6.17. The molecule has 0 N–H and O–H groups in total. The molecular weight excluding hydrogens is 454 g/mol. The molecule has 0 spiro atoms. The Kier molecular flexibility index (Phi) is 8.18. The van der Waals surface area contributed by atoms with Crippen LogP contribution in [0.25, 0.3) is 10.4 Å². The lowest BCUT2D eigenvalue weighted by atomic mass is 9.80. The van der Waals surface area contributed by atoms with Gasteiger partial charge in [-0.2, -0.15) is 0 Å². The number of hydrogen-bond donors (Lipinski definition) is 0. The zero-order valence-corrected chi connectivity index (χ0v) is 20.6. The number of azide groups is 1. The molecule has 1 aliphatic heterocycles. The van der Waals surface area contributed by atoms with Crippen LogP contribution in [0.15, 0.2) is 96.1 Å². The molecule has 0 aromatic heterocycles. The zero-order chi connectivity index (χ0) is 25.4. The molecule has 36 heavy (non-hydrogen) atoms. The molecule has 1 fully saturated rings. The second kappa shape index (κ2) is 11.5. The molecule has 1 aliphatic rings. The third-order valence-corrected chi connectivity index (χ3v) is 6.38. The summed E-state index contributed by atoms with van der Waals surface area (Å²) in [4.78, 5) is 14.2. The van der Waals surface area contributed by atoms with Crippen LogP contribution < -0.4 is 0 Å². The van der Waals surface area contributed by atoms with E-state index in [0.717, 1.165) is 23.0 Å². The van der Waals surface area contributed by atoms with E-state index in [1.165, 1.54) is 0 Å². The van der Waals surface area contributed by atoms with Crippen molar-refractivity contribution in [2.75, 3.05) is 6.61 Å². The van der Waals surface area contributed by atoms with Crippen molar-refractivity contribution < 1.29 is 19.0 Å². The lowest BCUT2D eigenvalue weighted by molar-refractivity contribution is -0.150. The first kappa shape index (κ1) is 25.6. The van der Waals surface area contributed by atoms with Gasteiger partial charge in [-0.1, -0.05) is 96.1 Å². The van der Waals surface area contributed by atoms with Crippen molar-refractivity contribution in [2.24, 2.45) is 5.11 Å². The van der Waals surface area contributed by atoms with Gasteiger partial charge in [-0.25, -0.2) is 0 Å². The molecule has 0 amide bonds. The van der Waals surface area contributed by atoms with Crippen molar-refractivity contribution in [1.29, 1.82) is 0 Å². The number of benzene rings is 3. The molecule has 0 radical (unpaired) electrons. The van der Waals surface area contributed by atoms with E-state index in [-0.39, 0.29) is 6.61 Å². The van der Waals surface area contributed by atoms with E-state index in [1.807, 2.05) is 105 Å². The Bertz CT molecular complexity index is 1070. The number of hydrogen-bond acceptors (Lipinski definition) is 5. The molecule has 7 nitrogen and oxygen atoms in total. The van der Waals surface area contributed by atoms with Crippen molar-refractivity contribution in [1.82, 2.24) is 0 Å². The van der Waals surface area contributed by atoms with Crippen molar-refractivity contribution >= 4 is 6.29 Å². The summed E-state index contributed by atoms with van der Waals surface area (Å²) in [6.07, 6.45) is 0.693. The Morgan fingerprint density at radius 3 is 1.89 bits per heavy atom. The van der Waals surface area contributed by atoms with Crippen molar-refractivity contribution in [3.8, 4) is 0 Å². The number of ether oxygens (including phenoxy) is 3. The second-order valence-electron chi connectivity index (χ2n) is 9.25. The van der Waals surface area contributed by atoms with Gasteiger partial charge in [-0.15, -0.1) is 0 Å². The molecule has 0 bridgehead atoms. The van der Waals surface area contributed by atoms with Gasteiger partial charge in [0.15, 0.2) is 5.79 Å². The first-order valence-corrected chi connectivity index (χ1v) is 12.1. The highest BCUT2D eigenvalue weighted by Gasteiger charge is 2.46. The molecule has 0 unspecified atom stereocenters. The Hall–Kier alpha value is -3.48. The summed E-state index contributed by atoms with van der Waals surface area (Å²) >= 11 is 0. The van der Waals surface area contributed by atoms with E-state index >= 15 is 0 Å². The zero-order valence-electron chi connectivity index (χ0n) is 20.6. The monoisotopic (exact) mass is 485 g/mol. The summed E-state index contributed by atoms with van der Waals surface area (Å²) in [5.41, 5.74) is 11.3. The Morgan fingerprint density at radius 2 is 1.44 bits per heavy atom. The molecule has 1 saturated heterocycles. The minimum atomic E-state index is -0.958. The van der Waals surface area contributed by atoms with Crippen molar-refractivity contribution in [3.05, 3.63) is 118 Å². The lowest BCUT2D eigenvalue weighted by Gasteiger charge is -2.37. The highest BCUT2D eigenvalue weighted by atomic mass is 16.8. The quantitative estimate of drug-likeness (QED) is 0.107. The first-order valence-electron chi connectivity index (χ1n) is 12.1. The highest BCUT2D eigenvalue weighted by molar-refractivity contribution is 5.49. The van der Waals surface area contributed by atoms with Gasteiger partial charge in [0.05, 0.1) is 24.9 Å². The van der Waals surface area contributed by atoms with E-state index in [1.54, 1.807) is 0 Å². The fraction of sp³-hybridized carbons (Fsp3) is 0.345. The van der Waals surface area contributed by atoms with Crippen molar-refractivity contribution in [2.45, 2.75) is 56.3 Å². The number of rotatable bonds is 11. The maximum atomic E-state index is 11.0. The van der Waals surface area contributed by atoms with Crippen LogP contribution in [0.3, 0.4) is 0 Å². The Morgan fingerprint density at radius 1 is 0.944 bits per heavy atom. The van der Waals surface area contributed by atoms with Crippen LogP contribution >= 0.6 is 0 Å². The summed E-state index contributed by atoms with van der Waals surface area (Å²) in [6, 6.07) is 29.3. The molecule has 3 atom stereocenters. The van der Waals surface area contributed by atoms with E-state index in [9.17, 15) is 10.3 Å². The maximum Gasteiger partial charge on any atom is 0.163 e. The molecular formula is C29H31N3O4. The van der Waals surface area contributed by atoms with E-state index in [4.69, 9.17) is 14.2 Å². The lowest BCUT2D eigenvalue weighted by Crippen LogP contribution is -2.41. The van der Waals surface area contributed by atoms with Crippen LogP contribution in [-0.4, -0.2) is 36.9 Å². The average molecular weight is 486 g/mol. The molecule has 1 heterocycles. The van der Waals surface area contributed by atoms with Gasteiger partial charge in [-0.3, -0.25) is 0 Å². The van der Waals surface area contributed by atoms with Crippen molar-refractivity contribution in [3.63, 3.8) is 0 Å². The third kappa shape index (κ3) is 5.50. The average Bonchev–Trinajstić information content (AvgIpc) is 3.23. The largest absolute Gasteiger partial charge is 0.360 e. The molecule has 3 aromatic rings. The van der Waals surface area contributed by atoms with Gasteiger partial charge in [0.2, 0.25) is 0 Å². The van der Waals surface area contributed by atoms with Gasteiger partial charge in [-0.05, 0) is 42.5 Å². The molecule has 0 aliphatic carbocycles. The van der Waals surface area contributed by atoms with Crippen LogP contribution in [0, 0.1) is 0 Å². The minimum Gasteiger partial charge on any atom is -0.360 e. The van der Waals surface area contributed by atoms with E-state index in [2.05, 4.69) is 10.0 Å². The van der Waals surface area contributed by atoms with Gasteiger partial charge >= 0.3 is 0 Å². The summed E-state index contributed by atoms with van der Waals surface area (Å²) < 4.78 is 19.1. The molecule has 7 heteroatoms.